The zero-order valence-corrected chi connectivity index (χ0v) is 16.8. The van der Waals surface area contributed by atoms with Crippen molar-refractivity contribution in [2.45, 2.75) is 55.8 Å². The molecule has 0 spiro atoms. The number of alkyl halides is 3. The summed E-state index contributed by atoms with van der Waals surface area (Å²) in [6.07, 6.45) is -0.636. The molecule has 2 aromatic rings. The minimum Gasteiger partial charge on any atom is -0.300 e. The van der Waals surface area contributed by atoms with E-state index in [2.05, 4.69) is 22.4 Å². The summed E-state index contributed by atoms with van der Waals surface area (Å²) in [6.45, 7) is 4.08. The van der Waals surface area contributed by atoms with Crippen LogP contribution in [0.2, 0.25) is 0 Å². The van der Waals surface area contributed by atoms with Crippen LogP contribution in [0.4, 0.5) is 18.3 Å². The highest BCUT2D eigenvalue weighted by atomic mass is 32.2. The summed E-state index contributed by atoms with van der Waals surface area (Å²) in [5.41, 5.74) is 0.102. The highest BCUT2D eigenvalue weighted by molar-refractivity contribution is 8.00. The number of thioether (sulfide) groups is 1. The Morgan fingerprint density at radius 2 is 1.93 bits per heavy atom. The minimum atomic E-state index is -4.33. The molecule has 9 heteroatoms. The second kappa shape index (κ2) is 10.1. The lowest BCUT2D eigenvalue weighted by Gasteiger charge is -2.12. The quantitative estimate of drug-likeness (QED) is 0.401. The fourth-order valence-electron chi connectivity index (χ4n) is 2.43. The first-order valence-electron chi connectivity index (χ1n) is 8.76. The molecule has 4 nitrogen and oxygen atoms in total. The van der Waals surface area contributed by atoms with E-state index in [9.17, 15) is 18.0 Å². The second-order valence-electron chi connectivity index (χ2n) is 6.09. The number of nitrogens with zero attached hydrogens (tertiary/aromatic N) is 2. The Hall–Kier alpha value is -1.61. The van der Waals surface area contributed by atoms with Crippen LogP contribution >= 0.6 is 23.1 Å². The molecule has 0 aliphatic rings. The third kappa shape index (κ3) is 6.80. The lowest BCUT2D eigenvalue weighted by atomic mass is 9.99. The van der Waals surface area contributed by atoms with Crippen molar-refractivity contribution in [1.82, 2.24) is 10.2 Å². The summed E-state index contributed by atoms with van der Waals surface area (Å²) in [6, 6.07) is 5.06. The maximum absolute atomic E-state index is 12.6. The van der Waals surface area contributed by atoms with Crippen molar-refractivity contribution < 1.29 is 18.0 Å². The van der Waals surface area contributed by atoms with Gasteiger partial charge < -0.3 is 5.32 Å². The van der Waals surface area contributed by atoms with Crippen molar-refractivity contribution in [2.24, 2.45) is 5.92 Å². The average molecular weight is 418 g/mol. The van der Waals surface area contributed by atoms with Crippen molar-refractivity contribution in [3.05, 3.63) is 35.4 Å². The van der Waals surface area contributed by atoms with Crippen LogP contribution in [0.3, 0.4) is 0 Å². The molecule has 0 saturated heterocycles. The Balaban J connectivity index is 1.87. The fourth-order valence-corrected chi connectivity index (χ4v) is 4.14. The Kier molecular flexibility index (Phi) is 8.09. The number of carbonyl (C=O) groups excluding carboxylic acids is 1. The van der Waals surface area contributed by atoms with Gasteiger partial charge in [-0.15, -0.1) is 10.2 Å². The number of hydrogen-bond donors (Lipinski definition) is 1. The Labute approximate surface area is 165 Å². The number of aromatic nitrogens is 2. The molecule has 148 valence electrons. The van der Waals surface area contributed by atoms with E-state index in [1.807, 2.05) is 6.92 Å². The standard InChI is InChI=1S/C18H22F3N3OS2/c1-3-5-6-13(4-2)15(25)22-16-23-24-17(27-16)26-11-12-7-9-14(10-8-12)18(19,20)21/h7-10,13H,3-6,11H2,1-2H3,(H,22,23,25)/t13-/m1/s1. The minimum absolute atomic E-state index is 0.0305. The molecule has 1 N–H and O–H groups in total. The zero-order chi connectivity index (χ0) is 19.9. The van der Waals surface area contributed by atoms with Gasteiger partial charge in [-0.05, 0) is 30.5 Å². The zero-order valence-electron chi connectivity index (χ0n) is 15.2. The predicted molar refractivity (Wildman–Crippen MR) is 103 cm³/mol. The number of benzene rings is 1. The molecule has 1 amide bonds. The van der Waals surface area contributed by atoms with Crippen molar-refractivity contribution >= 4 is 34.1 Å². The van der Waals surface area contributed by atoms with Gasteiger partial charge in [0.05, 0.1) is 5.56 Å². The number of anilines is 1. The van der Waals surface area contributed by atoms with E-state index < -0.39 is 11.7 Å². The molecular weight excluding hydrogens is 395 g/mol. The van der Waals surface area contributed by atoms with Gasteiger partial charge >= 0.3 is 6.18 Å². The summed E-state index contributed by atoms with van der Waals surface area (Å²) in [7, 11) is 0. The summed E-state index contributed by atoms with van der Waals surface area (Å²) < 4.78 is 38.4. The first kappa shape index (κ1) is 21.7. The summed E-state index contributed by atoms with van der Waals surface area (Å²) in [4.78, 5) is 12.3. The average Bonchev–Trinajstić information content (AvgIpc) is 3.07. The van der Waals surface area contributed by atoms with Gasteiger partial charge in [-0.25, -0.2) is 0 Å². The molecule has 0 fully saturated rings. The number of carbonyl (C=O) groups is 1. The molecule has 0 saturated carbocycles. The van der Waals surface area contributed by atoms with E-state index in [0.29, 0.717) is 15.2 Å². The maximum Gasteiger partial charge on any atom is 0.416 e. The Bertz CT molecular complexity index is 732. The number of nitrogens with one attached hydrogen (secondary N) is 1. The molecule has 0 aliphatic heterocycles. The van der Waals surface area contributed by atoms with Crippen LogP contribution in [-0.4, -0.2) is 16.1 Å². The van der Waals surface area contributed by atoms with Crippen molar-refractivity contribution in [3.63, 3.8) is 0 Å². The molecule has 0 bridgehead atoms. The highest BCUT2D eigenvalue weighted by Crippen LogP contribution is 2.31. The number of hydrogen-bond acceptors (Lipinski definition) is 5. The van der Waals surface area contributed by atoms with E-state index in [0.717, 1.165) is 43.4 Å². The van der Waals surface area contributed by atoms with Crippen molar-refractivity contribution in [2.75, 3.05) is 5.32 Å². The van der Waals surface area contributed by atoms with Crippen LogP contribution in [0.25, 0.3) is 0 Å². The topological polar surface area (TPSA) is 54.9 Å². The van der Waals surface area contributed by atoms with Gasteiger partial charge in [0.2, 0.25) is 11.0 Å². The van der Waals surface area contributed by atoms with E-state index in [1.54, 1.807) is 0 Å². The molecule has 0 aliphatic carbocycles. The molecule has 27 heavy (non-hydrogen) atoms. The summed E-state index contributed by atoms with van der Waals surface area (Å²) >= 11 is 2.64. The normalized spacial score (nSPS) is 12.8. The van der Waals surface area contributed by atoms with Gasteiger partial charge in [-0.3, -0.25) is 4.79 Å². The first-order chi connectivity index (χ1) is 12.8. The van der Waals surface area contributed by atoms with Crippen LogP contribution in [0, 0.1) is 5.92 Å². The van der Waals surface area contributed by atoms with Crippen molar-refractivity contribution in [1.29, 1.82) is 0 Å². The second-order valence-corrected chi connectivity index (χ2v) is 8.29. The monoisotopic (exact) mass is 417 g/mol. The van der Waals surface area contributed by atoms with Crippen LogP contribution in [-0.2, 0) is 16.7 Å². The Morgan fingerprint density at radius 1 is 1.22 bits per heavy atom. The Morgan fingerprint density at radius 3 is 2.52 bits per heavy atom. The van der Waals surface area contributed by atoms with Gasteiger partial charge in [0, 0.05) is 11.7 Å². The van der Waals surface area contributed by atoms with Gasteiger partial charge in [0.25, 0.3) is 0 Å². The van der Waals surface area contributed by atoms with Crippen LogP contribution in [0.1, 0.15) is 50.7 Å². The lowest BCUT2D eigenvalue weighted by molar-refractivity contribution is -0.137. The number of unbranched alkanes of at least 4 members (excludes halogenated alkanes) is 1. The maximum atomic E-state index is 12.6. The molecular formula is C18H22F3N3OS2. The van der Waals surface area contributed by atoms with Gasteiger partial charge in [-0.2, -0.15) is 13.2 Å². The molecule has 0 radical (unpaired) electrons. The van der Waals surface area contributed by atoms with Crippen LogP contribution in [0.15, 0.2) is 28.6 Å². The molecule has 2 rings (SSSR count). The molecule has 1 heterocycles. The van der Waals surface area contributed by atoms with Gasteiger partial charge in [0.15, 0.2) is 4.34 Å². The smallest absolute Gasteiger partial charge is 0.300 e. The fraction of sp³-hybridized carbons (Fsp3) is 0.500. The third-order valence-electron chi connectivity index (χ3n) is 4.05. The van der Waals surface area contributed by atoms with Crippen LogP contribution in [0.5, 0.6) is 0 Å². The lowest BCUT2D eigenvalue weighted by Crippen LogP contribution is -2.22. The van der Waals surface area contributed by atoms with E-state index >= 15 is 0 Å². The largest absolute Gasteiger partial charge is 0.416 e. The van der Waals surface area contributed by atoms with Crippen molar-refractivity contribution in [3.8, 4) is 0 Å². The van der Waals surface area contributed by atoms with E-state index in [4.69, 9.17) is 0 Å². The van der Waals surface area contributed by atoms with E-state index in [1.165, 1.54) is 35.2 Å². The summed E-state index contributed by atoms with van der Waals surface area (Å²) in [5, 5.41) is 11.3. The first-order valence-corrected chi connectivity index (χ1v) is 10.6. The number of amides is 1. The predicted octanol–water partition coefficient (Wildman–Crippen LogP) is 6.00. The molecule has 1 atom stereocenters. The SMILES string of the molecule is CCCC[C@@H](CC)C(=O)Nc1nnc(SCc2ccc(C(F)(F)F)cc2)s1. The third-order valence-corrected chi connectivity index (χ3v) is 6.09. The number of halogens is 3. The van der Waals surface area contributed by atoms with Crippen LogP contribution < -0.4 is 5.32 Å². The van der Waals surface area contributed by atoms with Gasteiger partial charge in [-0.1, -0.05) is 61.9 Å². The molecule has 0 unspecified atom stereocenters. The van der Waals surface area contributed by atoms with E-state index in [-0.39, 0.29) is 11.8 Å². The number of rotatable bonds is 9. The summed E-state index contributed by atoms with van der Waals surface area (Å²) in [5.74, 6) is 0.410. The molecule has 1 aromatic heterocycles. The van der Waals surface area contributed by atoms with Gasteiger partial charge in [0.1, 0.15) is 0 Å². The molecule has 1 aromatic carbocycles. The highest BCUT2D eigenvalue weighted by Gasteiger charge is 2.29.